The zero-order chi connectivity index (χ0) is 16.8. The summed E-state index contributed by atoms with van der Waals surface area (Å²) >= 11 is 2.68. The molecule has 22 heavy (non-hydrogen) atoms. The first kappa shape index (κ1) is 20.4. The van der Waals surface area contributed by atoms with Crippen molar-refractivity contribution in [3.63, 3.8) is 0 Å². The van der Waals surface area contributed by atoms with Crippen LogP contribution in [0.4, 0.5) is 0 Å². The van der Waals surface area contributed by atoms with E-state index in [9.17, 15) is 4.79 Å². The van der Waals surface area contributed by atoms with Crippen molar-refractivity contribution in [3.05, 3.63) is 42.0 Å². The fourth-order valence-corrected chi connectivity index (χ4v) is 5.90. The molecule has 0 saturated carbocycles. The Kier molecular flexibility index (Phi) is 8.93. The van der Waals surface area contributed by atoms with Gasteiger partial charge >= 0.3 is 153 Å². The van der Waals surface area contributed by atoms with E-state index in [-0.39, 0.29) is 9.34 Å². The van der Waals surface area contributed by atoms with Crippen LogP contribution in [0.25, 0.3) is 6.08 Å². The van der Waals surface area contributed by atoms with Crippen LogP contribution >= 0.6 is 38.5 Å². The van der Waals surface area contributed by atoms with Gasteiger partial charge in [-0.25, -0.2) is 0 Å². The Morgan fingerprint density at radius 2 is 1.86 bits per heavy atom. The quantitative estimate of drug-likeness (QED) is 0.209. The molecule has 0 aliphatic heterocycles. The van der Waals surface area contributed by atoms with Gasteiger partial charge in [-0.15, -0.1) is 0 Å². The van der Waals surface area contributed by atoms with Gasteiger partial charge in [0, 0.05) is 0 Å². The Morgan fingerprint density at radius 1 is 1.27 bits per heavy atom. The van der Waals surface area contributed by atoms with Gasteiger partial charge in [0.25, 0.3) is 0 Å². The van der Waals surface area contributed by atoms with Crippen molar-refractivity contribution < 1.29 is 9.53 Å². The van der Waals surface area contributed by atoms with Gasteiger partial charge in [0.1, 0.15) is 0 Å². The summed E-state index contributed by atoms with van der Waals surface area (Å²) in [6, 6.07) is 9.45. The van der Waals surface area contributed by atoms with Gasteiger partial charge in [0.15, 0.2) is 0 Å². The third-order valence-corrected chi connectivity index (χ3v) is 12.5. The third kappa shape index (κ3) is 6.87. The number of carbonyl (C=O) groups excluding carboxylic acids is 1. The summed E-state index contributed by atoms with van der Waals surface area (Å²) in [4.78, 5) is 12.0. The van der Waals surface area contributed by atoms with Crippen LogP contribution in [-0.4, -0.2) is 32.3 Å². The predicted molar refractivity (Wildman–Crippen MR) is 98.0 cm³/mol. The van der Waals surface area contributed by atoms with E-state index in [0.29, 0.717) is 6.42 Å². The average Bonchev–Trinajstić information content (AvgIpc) is 2.49. The van der Waals surface area contributed by atoms with Gasteiger partial charge < -0.3 is 0 Å². The predicted octanol–water partition coefficient (Wildman–Crippen LogP) is 5.67. The number of rotatable bonds is 7. The summed E-state index contributed by atoms with van der Waals surface area (Å²) in [5, 5.41) is -0.383. The zero-order valence-electron chi connectivity index (χ0n) is 12.2. The van der Waals surface area contributed by atoms with Gasteiger partial charge in [-0.05, 0) is 0 Å². The minimum atomic E-state index is -3.57. The van der Waals surface area contributed by atoms with Crippen molar-refractivity contribution in [2.45, 2.75) is 35.7 Å². The van der Waals surface area contributed by atoms with Crippen LogP contribution in [0.5, 0.6) is 0 Å². The molecular weight excluding hydrogens is 482 g/mol. The minimum absolute atomic E-state index is 0.343. The van der Waals surface area contributed by atoms with Gasteiger partial charge in [-0.2, -0.15) is 0 Å². The molecule has 0 fully saturated rings. The molecule has 0 aliphatic carbocycles. The van der Waals surface area contributed by atoms with Gasteiger partial charge in [-0.1, -0.05) is 0 Å². The van der Waals surface area contributed by atoms with Crippen LogP contribution in [0.1, 0.15) is 25.8 Å². The third-order valence-electron chi connectivity index (χ3n) is 3.09. The second-order valence-electron chi connectivity index (χ2n) is 4.72. The maximum atomic E-state index is 12.0. The second-order valence-corrected chi connectivity index (χ2v) is 22.9. The molecule has 0 aromatic heterocycles. The molecule has 0 bridgehead atoms. The van der Waals surface area contributed by atoms with Crippen LogP contribution < -0.4 is 0 Å². The average molecular weight is 500 g/mol. The normalized spacial score (nSPS) is 17.0. The van der Waals surface area contributed by atoms with Crippen LogP contribution in [0.3, 0.4) is 0 Å². The number of alkyl halides is 1. The summed E-state index contributed by atoms with van der Waals surface area (Å²) in [6.45, 7) is 3.68. The number of hydrogen-bond donors (Lipinski definition) is 0. The van der Waals surface area contributed by atoms with E-state index >= 15 is 0 Å². The molecule has 0 heterocycles. The van der Waals surface area contributed by atoms with Gasteiger partial charge in [0.05, 0.1) is 0 Å². The molecule has 0 saturated heterocycles. The van der Waals surface area contributed by atoms with Crippen molar-refractivity contribution >= 4 is 65.4 Å². The van der Waals surface area contributed by atoms with E-state index in [1.807, 2.05) is 37.3 Å². The Hall–Kier alpha value is 0.380. The van der Waals surface area contributed by atoms with Crippen LogP contribution in [0, 0.1) is 0 Å². The van der Waals surface area contributed by atoms with E-state index < -0.39 is 26.9 Å². The van der Waals surface area contributed by atoms with E-state index in [2.05, 4.69) is 0 Å². The van der Waals surface area contributed by atoms with Crippen molar-refractivity contribution in [2.75, 3.05) is 0 Å². The molecule has 2 nitrogen and oxygen atoms in total. The molecule has 0 spiro atoms. The van der Waals surface area contributed by atoms with E-state index in [0.717, 1.165) is 5.56 Å². The molecule has 0 unspecified atom stereocenters. The molecule has 0 radical (unpaired) electrons. The SMILES string of the molecule is CC[C@@H](Cl)[C@@H](OC(=O)/C=C/c1ccccc1)[C@H](C)[Te](Cl)(Cl)Cl. The molecule has 0 N–H and O–H groups in total. The molecule has 0 aliphatic rings. The van der Waals surface area contributed by atoms with Crippen LogP contribution in [-0.2, 0) is 9.53 Å². The van der Waals surface area contributed by atoms with Crippen molar-refractivity contribution in [1.29, 1.82) is 0 Å². The molecule has 7 heteroatoms. The maximum absolute atomic E-state index is 12.0. The molecule has 124 valence electrons. The standard InChI is InChI=1S/C15H18Cl4O2Te/c1-3-13(16)15(11(2)22(17,18)19)21-14(20)10-9-12-7-5-4-6-8-12/h4-11,13,15H,3H2,1-2H3/b10-9+/t11-,13+,15-/m0/s1. The summed E-state index contributed by atoms with van der Waals surface area (Å²) in [7, 11) is 18.3. The van der Waals surface area contributed by atoms with Gasteiger partial charge in [-0.3, -0.25) is 0 Å². The number of hydrogen-bond acceptors (Lipinski definition) is 2. The summed E-state index contributed by atoms with van der Waals surface area (Å²) in [5.41, 5.74) is 0.904. The molecule has 1 rings (SSSR count). The van der Waals surface area contributed by atoms with Crippen molar-refractivity contribution in [1.82, 2.24) is 0 Å². The number of ether oxygens (including phenoxy) is 1. The Morgan fingerprint density at radius 3 is 2.36 bits per heavy atom. The Labute approximate surface area is 151 Å². The molecule has 0 amide bonds. The monoisotopic (exact) mass is 500 g/mol. The summed E-state index contributed by atoms with van der Waals surface area (Å²) < 4.78 is 5.11. The van der Waals surface area contributed by atoms with E-state index in [1.165, 1.54) is 6.08 Å². The number of halogens is 4. The van der Waals surface area contributed by atoms with Crippen LogP contribution in [0.2, 0.25) is 3.97 Å². The topological polar surface area (TPSA) is 26.3 Å². The molecular formula is C15H18Cl4O2Te. The number of benzene rings is 1. The Balaban J connectivity index is 2.77. The summed E-state index contributed by atoms with van der Waals surface area (Å²) in [6.07, 6.45) is 3.06. The molecule has 1 aromatic rings. The van der Waals surface area contributed by atoms with Gasteiger partial charge in [0.2, 0.25) is 0 Å². The van der Waals surface area contributed by atoms with Crippen LogP contribution in [0.15, 0.2) is 36.4 Å². The Bertz CT molecular complexity index is 502. The fraction of sp³-hybridized carbons (Fsp3) is 0.400. The first-order valence-corrected chi connectivity index (χ1v) is 17.4. The molecule has 3 atom stereocenters. The van der Waals surface area contributed by atoms with E-state index in [1.54, 1.807) is 13.0 Å². The fourth-order valence-electron chi connectivity index (χ4n) is 1.75. The molecule has 1 aromatic carbocycles. The zero-order valence-corrected chi connectivity index (χ0v) is 17.6. The first-order chi connectivity index (χ1) is 10.3. The first-order valence-electron chi connectivity index (χ1n) is 6.74. The van der Waals surface area contributed by atoms with E-state index in [4.69, 9.17) is 43.2 Å². The van der Waals surface area contributed by atoms with Crippen molar-refractivity contribution in [2.24, 2.45) is 0 Å². The number of carbonyl (C=O) groups is 1. The summed E-state index contributed by atoms with van der Waals surface area (Å²) in [5.74, 6) is -0.489. The second kappa shape index (κ2) is 9.62. The number of esters is 1. The van der Waals surface area contributed by atoms with Crippen molar-refractivity contribution in [3.8, 4) is 0 Å².